The standard InChI is InChI=1S/C24H20O2/c1-25-22-15-5-3-11-18(22)20-13-7-9-17-10-8-14-21(24(17)20)19-12-4-6-16-23(19)26-2/h3-16H,1-2H3. The minimum atomic E-state index is 0.870. The van der Waals surface area contributed by atoms with Crippen molar-refractivity contribution >= 4 is 10.8 Å². The molecule has 0 aromatic heterocycles. The van der Waals surface area contributed by atoms with E-state index in [1.807, 2.05) is 36.4 Å². The van der Waals surface area contributed by atoms with E-state index in [1.54, 1.807) is 14.2 Å². The van der Waals surface area contributed by atoms with Gasteiger partial charge in [0.25, 0.3) is 0 Å². The van der Waals surface area contributed by atoms with Crippen molar-refractivity contribution in [1.29, 1.82) is 0 Å². The molecule has 0 aliphatic carbocycles. The molecule has 2 heteroatoms. The highest BCUT2D eigenvalue weighted by Crippen LogP contribution is 2.41. The van der Waals surface area contributed by atoms with E-state index in [2.05, 4.69) is 48.5 Å². The zero-order valence-electron chi connectivity index (χ0n) is 14.9. The second-order valence-electron chi connectivity index (χ2n) is 6.11. The minimum Gasteiger partial charge on any atom is -0.496 e. The molecule has 0 aliphatic heterocycles. The van der Waals surface area contributed by atoms with Crippen molar-refractivity contribution in [2.24, 2.45) is 0 Å². The predicted octanol–water partition coefficient (Wildman–Crippen LogP) is 6.19. The van der Waals surface area contributed by atoms with Crippen molar-refractivity contribution in [2.75, 3.05) is 14.2 Å². The lowest BCUT2D eigenvalue weighted by molar-refractivity contribution is 0.416. The summed E-state index contributed by atoms with van der Waals surface area (Å²) < 4.78 is 11.2. The summed E-state index contributed by atoms with van der Waals surface area (Å²) >= 11 is 0. The summed E-state index contributed by atoms with van der Waals surface area (Å²) in [6.45, 7) is 0. The number of fused-ring (bicyclic) bond motifs is 1. The summed E-state index contributed by atoms with van der Waals surface area (Å²) in [6.07, 6.45) is 0. The first-order valence-electron chi connectivity index (χ1n) is 8.62. The Kier molecular flexibility index (Phi) is 4.32. The molecule has 0 radical (unpaired) electrons. The number of hydrogen-bond acceptors (Lipinski definition) is 2. The maximum atomic E-state index is 5.61. The first-order valence-corrected chi connectivity index (χ1v) is 8.62. The van der Waals surface area contributed by atoms with E-state index in [1.165, 1.54) is 10.8 Å². The molecule has 0 N–H and O–H groups in total. The highest BCUT2D eigenvalue weighted by Gasteiger charge is 2.14. The predicted molar refractivity (Wildman–Crippen MR) is 108 cm³/mol. The van der Waals surface area contributed by atoms with Crippen LogP contribution in [0.1, 0.15) is 0 Å². The summed E-state index contributed by atoms with van der Waals surface area (Å²) in [5, 5.41) is 2.39. The van der Waals surface area contributed by atoms with E-state index in [0.29, 0.717) is 0 Å². The van der Waals surface area contributed by atoms with Gasteiger partial charge in [-0.05, 0) is 34.0 Å². The van der Waals surface area contributed by atoms with Gasteiger partial charge in [0.05, 0.1) is 14.2 Å². The van der Waals surface area contributed by atoms with Crippen LogP contribution in [-0.2, 0) is 0 Å². The van der Waals surface area contributed by atoms with Gasteiger partial charge < -0.3 is 9.47 Å². The van der Waals surface area contributed by atoms with Gasteiger partial charge in [-0.3, -0.25) is 0 Å². The van der Waals surface area contributed by atoms with Crippen molar-refractivity contribution in [3.8, 4) is 33.8 Å². The van der Waals surface area contributed by atoms with Crippen LogP contribution >= 0.6 is 0 Å². The quantitative estimate of drug-likeness (QED) is 0.441. The zero-order chi connectivity index (χ0) is 17.9. The Bertz CT molecular complexity index is 984. The molecule has 0 saturated heterocycles. The summed E-state index contributed by atoms with van der Waals surface area (Å²) in [7, 11) is 3.43. The van der Waals surface area contributed by atoms with Gasteiger partial charge in [0.1, 0.15) is 11.5 Å². The van der Waals surface area contributed by atoms with Gasteiger partial charge in [-0.25, -0.2) is 0 Å². The maximum absolute atomic E-state index is 5.61. The average Bonchev–Trinajstić information content (AvgIpc) is 2.72. The van der Waals surface area contributed by atoms with E-state index in [0.717, 1.165) is 33.8 Å². The third-order valence-electron chi connectivity index (χ3n) is 4.70. The lowest BCUT2D eigenvalue weighted by Gasteiger charge is -2.16. The van der Waals surface area contributed by atoms with Gasteiger partial charge in [-0.15, -0.1) is 0 Å². The van der Waals surface area contributed by atoms with E-state index < -0.39 is 0 Å². The van der Waals surface area contributed by atoms with Gasteiger partial charge >= 0.3 is 0 Å². The number of para-hydroxylation sites is 2. The van der Waals surface area contributed by atoms with Gasteiger partial charge in [0.2, 0.25) is 0 Å². The van der Waals surface area contributed by atoms with Gasteiger partial charge in [0, 0.05) is 11.1 Å². The SMILES string of the molecule is COc1ccccc1-c1cccc2cccc(-c3ccccc3OC)c12. The van der Waals surface area contributed by atoms with Crippen molar-refractivity contribution in [2.45, 2.75) is 0 Å². The highest BCUT2D eigenvalue weighted by molar-refractivity contribution is 6.07. The Morgan fingerprint density at radius 2 is 0.885 bits per heavy atom. The number of benzene rings is 4. The van der Waals surface area contributed by atoms with E-state index in [9.17, 15) is 0 Å². The fraction of sp³-hybridized carbons (Fsp3) is 0.0833. The van der Waals surface area contributed by atoms with E-state index >= 15 is 0 Å². The third-order valence-corrected chi connectivity index (χ3v) is 4.70. The Morgan fingerprint density at radius 3 is 1.35 bits per heavy atom. The normalized spacial score (nSPS) is 10.7. The molecule has 0 unspecified atom stereocenters. The fourth-order valence-corrected chi connectivity index (χ4v) is 3.52. The van der Waals surface area contributed by atoms with Crippen LogP contribution in [0.25, 0.3) is 33.0 Å². The average molecular weight is 340 g/mol. The number of methoxy groups -OCH3 is 2. The van der Waals surface area contributed by atoms with Crippen molar-refractivity contribution in [3.05, 3.63) is 84.9 Å². The summed E-state index contributed by atoms with van der Waals surface area (Å²) in [6, 6.07) is 29.1. The Hall–Kier alpha value is -3.26. The molecule has 4 rings (SSSR count). The Labute approximate surface area is 153 Å². The molecular weight excluding hydrogens is 320 g/mol. The second-order valence-corrected chi connectivity index (χ2v) is 6.11. The van der Waals surface area contributed by atoms with Gasteiger partial charge in [-0.1, -0.05) is 72.8 Å². The van der Waals surface area contributed by atoms with Crippen LogP contribution in [0, 0.1) is 0 Å². The number of rotatable bonds is 4. The van der Waals surface area contributed by atoms with Crippen LogP contribution in [-0.4, -0.2) is 14.2 Å². The molecule has 0 heterocycles. The van der Waals surface area contributed by atoms with Crippen LogP contribution in [0.15, 0.2) is 84.9 Å². The summed E-state index contributed by atoms with van der Waals surface area (Å²) in [4.78, 5) is 0. The molecular formula is C24H20O2. The first-order chi connectivity index (χ1) is 12.8. The molecule has 0 bridgehead atoms. The summed E-state index contributed by atoms with van der Waals surface area (Å²) in [5.41, 5.74) is 4.48. The maximum Gasteiger partial charge on any atom is 0.126 e. The monoisotopic (exact) mass is 340 g/mol. The molecule has 0 saturated carbocycles. The van der Waals surface area contributed by atoms with Crippen LogP contribution in [0.5, 0.6) is 11.5 Å². The molecule has 128 valence electrons. The lowest BCUT2D eigenvalue weighted by atomic mass is 9.91. The van der Waals surface area contributed by atoms with Crippen molar-refractivity contribution in [1.82, 2.24) is 0 Å². The van der Waals surface area contributed by atoms with E-state index in [4.69, 9.17) is 9.47 Å². The molecule has 0 atom stereocenters. The van der Waals surface area contributed by atoms with Crippen molar-refractivity contribution in [3.63, 3.8) is 0 Å². The molecule has 0 aliphatic rings. The van der Waals surface area contributed by atoms with Crippen LogP contribution in [0.4, 0.5) is 0 Å². The Balaban J connectivity index is 2.08. The largest absolute Gasteiger partial charge is 0.496 e. The molecule has 0 amide bonds. The third kappa shape index (κ3) is 2.70. The van der Waals surface area contributed by atoms with Gasteiger partial charge in [0.15, 0.2) is 0 Å². The minimum absolute atomic E-state index is 0.870. The lowest BCUT2D eigenvalue weighted by Crippen LogP contribution is -1.92. The van der Waals surface area contributed by atoms with Crippen LogP contribution in [0.3, 0.4) is 0 Å². The smallest absolute Gasteiger partial charge is 0.126 e. The second kappa shape index (κ2) is 6.93. The van der Waals surface area contributed by atoms with Gasteiger partial charge in [-0.2, -0.15) is 0 Å². The molecule has 4 aromatic carbocycles. The number of ether oxygens (including phenoxy) is 2. The van der Waals surface area contributed by atoms with Crippen LogP contribution < -0.4 is 9.47 Å². The van der Waals surface area contributed by atoms with Crippen molar-refractivity contribution < 1.29 is 9.47 Å². The fourth-order valence-electron chi connectivity index (χ4n) is 3.52. The first kappa shape index (κ1) is 16.2. The molecule has 26 heavy (non-hydrogen) atoms. The zero-order valence-corrected chi connectivity index (χ0v) is 14.9. The van der Waals surface area contributed by atoms with E-state index in [-0.39, 0.29) is 0 Å². The van der Waals surface area contributed by atoms with Crippen LogP contribution in [0.2, 0.25) is 0 Å². The topological polar surface area (TPSA) is 18.5 Å². The molecule has 4 aromatic rings. The summed E-state index contributed by atoms with van der Waals surface area (Å²) in [5.74, 6) is 1.74. The molecule has 2 nitrogen and oxygen atoms in total. The Morgan fingerprint density at radius 1 is 0.462 bits per heavy atom. The molecule has 0 fully saturated rings. The number of hydrogen-bond donors (Lipinski definition) is 0. The molecule has 0 spiro atoms. The highest BCUT2D eigenvalue weighted by atomic mass is 16.5.